The zero-order valence-electron chi connectivity index (χ0n) is 12.3. The number of fused-ring (bicyclic) bond motifs is 1. The van der Waals surface area contributed by atoms with Crippen LogP contribution in [-0.2, 0) is 16.1 Å². The number of carbonyl (C=O) groups is 1. The maximum Gasteiger partial charge on any atom is 0.323 e. The molecule has 1 aliphatic carbocycles. The molecule has 1 aliphatic heterocycles. The molecule has 21 heavy (non-hydrogen) atoms. The largest absolute Gasteiger partial charge is 0.468 e. The van der Waals surface area contributed by atoms with Crippen LogP contribution < -0.4 is 0 Å². The third-order valence-corrected chi connectivity index (χ3v) is 4.82. The van der Waals surface area contributed by atoms with E-state index in [-0.39, 0.29) is 24.2 Å². The highest BCUT2D eigenvalue weighted by molar-refractivity contribution is 5.76. The molecule has 4 atom stereocenters. The first kappa shape index (κ1) is 14.5. The summed E-state index contributed by atoms with van der Waals surface area (Å²) < 4.78 is 4.97. The van der Waals surface area contributed by atoms with Crippen molar-refractivity contribution in [3.05, 3.63) is 30.1 Å². The first-order valence-corrected chi connectivity index (χ1v) is 7.60. The second-order valence-corrected chi connectivity index (χ2v) is 6.06. The molecule has 0 unspecified atom stereocenters. The van der Waals surface area contributed by atoms with E-state index in [4.69, 9.17) is 4.74 Å². The Morgan fingerprint density at radius 1 is 1.43 bits per heavy atom. The quantitative estimate of drug-likeness (QED) is 0.852. The van der Waals surface area contributed by atoms with E-state index in [0.29, 0.717) is 12.5 Å². The lowest BCUT2D eigenvalue weighted by Gasteiger charge is -2.35. The summed E-state index contributed by atoms with van der Waals surface area (Å²) in [5.74, 6) is 0.302. The minimum absolute atomic E-state index is 0.171. The molecule has 1 saturated carbocycles. The third-order valence-electron chi connectivity index (χ3n) is 4.82. The number of hydrogen-bond acceptors (Lipinski definition) is 5. The van der Waals surface area contributed by atoms with Gasteiger partial charge in [0.1, 0.15) is 6.04 Å². The number of aliphatic hydroxyl groups is 1. The van der Waals surface area contributed by atoms with Crippen molar-refractivity contribution in [3.63, 3.8) is 0 Å². The van der Waals surface area contributed by atoms with Crippen LogP contribution in [0.3, 0.4) is 0 Å². The van der Waals surface area contributed by atoms with Gasteiger partial charge in [-0.25, -0.2) is 0 Å². The van der Waals surface area contributed by atoms with Crippen molar-refractivity contribution in [1.29, 1.82) is 0 Å². The number of esters is 1. The van der Waals surface area contributed by atoms with Crippen LogP contribution in [0.2, 0.25) is 0 Å². The molecule has 3 rings (SSSR count). The van der Waals surface area contributed by atoms with Crippen molar-refractivity contribution in [2.75, 3.05) is 7.11 Å². The number of carbonyl (C=O) groups excluding carboxylic acids is 1. The van der Waals surface area contributed by atoms with Gasteiger partial charge < -0.3 is 9.84 Å². The van der Waals surface area contributed by atoms with Gasteiger partial charge in [0.2, 0.25) is 0 Å². The molecular formula is C16H22N2O3. The molecule has 2 heterocycles. The molecular weight excluding hydrogens is 268 g/mol. The van der Waals surface area contributed by atoms with E-state index in [9.17, 15) is 9.90 Å². The Morgan fingerprint density at radius 2 is 2.29 bits per heavy atom. The maximum absolute atomic E-state index is 12.1. The van der Waals surface area contributed by atoms with E-state index in [1.54, 1.807) is 6.20 Å². The number of nitrogens with zero attached hydrogens (tertiary/aromatic N) is 2. The molecule has 1 aromatic rings. The molecule has 0 bridgehead atoms. The summed E-state index contributed by atoms with van der Waals surface area (Å²) in [7, 11) is 1.44. The molecule has 2 aliphatic rings. The Morgan fingerprint density at radius 3 is 3.00 bits per heavy atom. The Kier molecular flexibility index (Phi) is 4.22. The van der Waals surface area contributed by atoms with Gasteiger partial charge in [-0.15, -0.1) is 0 Å². The third kappa shape index (κ3) is 2.94. The van der Waals surface area contributed by atoms with Gasteiger partial charge in [-0.1, -0.05) is 6.07 Å². The molecule has 0 amide bonds. The zero-order valence-corrected chi connectivity index (χ0v) is 12.3. The van der Waals surface area contributed by atoms with Crippen LogP contribution in [0.25, 0.3) is 0 Å². The topological polar surface area (TPSA) is 62.7 Å². The normalized spacial score (nSPS) is 32.7. The number of likely N-dealkylation sites (tertiary alicyclic amines) is 1. The Bertz CT molecular complexity index is 494. The van der Waals surface area contributed by atoms with Crippen molar-refractivity contribution >= 4 is 5.97 Å². The van der Waals surface area contributed by atoms with E-state index in [1.165, 1.54) is 7.11 Å². The van der Waals surface area contributed by atoms with E-state index in [2.05, 4.69) is 9.88 Å². The summed E-state index contributed by atoms with van der Waals surface area (Å²) in [6.07, 6.45) is 4.91. The van der Waals surface area contributed by atoms with Crippen molar-refractivity contribution < 1.29 is 14.6 Å². The summed E-state index contributed by atoms with van der Waals surface area (Å²) in [4.78, 5) is 18.6. The first-order valence-electron chi connectivity index (χ1n) is 7.60. The number of hydrogen-bond donors (Lipinski definition) is 1. The Hall–Kier alpha value is -1.46. The summed E-state index contributed by atoms with van der Waals surface area (Å²) in [5.41, 5.74) is 0.951. The molecule has 1 saturated heterocycles. The van der Waals surface area contributed by atoms with Gasteiger partial charge in [-0.3, -0.25) is 14.7 Å². The van der Waals surface area contributed by atoms with Crippen molar-refractivity contribution in [2.45, 2.75) is 50.4 Å². The summed E-state index contributed by atoms with van der Waals surface area (Å²) in [6, 6.07) is 5.86. The predicted octanol–water partition coefficient (Wildman–Crippen LogP) is 1.36. The molecule has 114 valence electrons. The average Bonchev–Trinajstić information content (AvgIpc) is 2.86. The van der Waals surface area contributed by atoms with Crippen LogP contribution in [0.15, 0.2) is 24.4 Å². The highest BCUT2D eigenvalue weighted by Crippen LogP contribution is 2.40. The lowest BCUT2D eigenvalue weighted by molar-refractivity contribution is -0.146. The molecule has 0 radical (unpaired) electrons. The average molecular weight is 290 g/mol. The van der Waals surface area contributed by atoms with Crippen molar-refractivity contribution in [2.24, 2.45) is 5.92 Å². The second kappa shape index (κ2) is 6.12. The van der Waals surface area contributed by atoms with Gasteiger partial charge in [0, 0.05) is 18.8 Å². The van der Waals surface area contributed by atoms with Crippen LogP contribution in [0, 0.1) is 5.92 Å². The van der Waals surface area contributed by atoms with Gasteiger partial charge >= 0.3 is 5.97 Å². The zero-order chi connectivity index (χ0) is 14.8. The van der Waals surface area contributed by atoms with Gasteiger partial charge in [0.05, 0.1) is 18.9 Å². The minimum Gasteiger partial charge on any atom is -0.468 e. The standard InChI is InChI=1S/C16H22N2O3/c1-21-16(20)15-8-11-5-6-13(19)9-14(11)18(15)10-12-4-2-3-7-17-12/h2-4,7,11,13-15,19H,5-6,8-10H2,1H3/t11-,13-,14-,15+/m1/s1. The number of ether oxygens (including phenoxy) is 1. The highest BCUT2D eigenvalue weighted by atomic mass is 16.5. The van der Waals surface area contributed by atoms with E-state index in [0.717, 1.165) is 31.4 Å². The predicted molar refractivity (Wildman–Crippen MR) is 77.3 cm³/mol. The van der Waals surface area contributed by atoms with Crippen LogP contribution in [0.4, 0.5) is 0 Å². The molecule has 0 aromatic carbocycles. The highest BCUT2D eigenvalue weighted by Gasteiger charge is 2.47. The fourth-order valence-electron chi connectivity index (χ4n) is 3.80. The first-order chi connectivity index (χ1) is 10.2. The van der Waals surface area contributed by atoms with E-state index >= 15 is 0 Å². The number of rotatable bonds is 3. The number of methoxy groups -OCH3 is 1. The van der Waals surface area contributed by atoms with Gasteiger partial charge in [-0.2, -0.15) is 0 Å². The van der Waals surface area contributed by atoms with Crippen molar-refractivity contribution in [3.8, 4) is 0 Å². The lowest BCUT2D eigenvalue weighted by atomic mass is 9.83. The Balaban J connectivity index is 1.82. The lowest BCUT2D eigenvalue weighted by Crippen LogP contribution is -2.44. The number of aliphatic hydroxyl groups excluding tert-OH is 1. The smallest absolute Gasteiger partial charge is 0.323 e. The monoisotopic (exact) mass is 290 g/mol. The summed E-state index contributed by atoms with van der Waals surface area (Å²) in [5, 5.41) is 9.96. The van der Waals surface area contributed by atoms with Crippen molar-refractivity contribution in [1.82, 2.24) is 9.88 Å². The molecule has 1 aromatic heterocycles. The molecule has 5 nitrogen and oxygen atoms in total. The SMILES string of the molecule is COC(=O)[C@@H]1C[C@H]2CC[C@@H](O)C[C@H]2N1Cc1ccccn1. The fourth-order valence-corrected chi connectivity index (χ4v) is 3.80. The van der Waals surface area contributed by atoms with Gasteiger partial charge in [-0.05, 0) is 43.7 Å². The minimum atomic E-state index is -0.256. The van der Waals surface area contributed by atoms with Gasteiger partial charge in [0.15, 0.2) is 0 Å². The van der Waals surface area contributed by atoms with E-state index in [1.807, 2.05) is 18.2 Å². The molecule has 5 heteroatoms. The van der Waals surface area contributed by atoms with Crippen LogP contribution in [0.1, 0.15) is 31.4 Å². The maximum atomic E-state index is 12.1. The van der Waals surface area contributed by atoms with Gasteiger partial charge in [0.25, 0.3) is 0 Å². The Labute approximate surface area is 124 Å². The summed E-state index contributed by atoms with van der Waals surface area (Å²) >= 11 is 0. The molecule has 0 spiro atoms. The van der Waals surface area contributed by atoms with Crippen LogP contribution in [0.5, 0.6) is 0 Å². The van der Waals surface area contributed by atoms with E-state index < -0.39 is 0 Å². The number of aromatic nitrogens is 1. The number of pyridine rings is 1. The summed E-state index contributed by atoms with van der Waals surface area (Å²) in [6.45, 7) is 0.633. The fraction of sp³-hybridized carbons (Fsp3) is 0.625. The van der Waals surface area contributed by atoms with Crippen LogP contribution in [-0.4, -0.2) is 46.3 Å². The van der Waals surface area contributed by atoms with Crippen LogP contribution >= 0.6 is 0 Å². The second-order valence-electron chi connectivity index (χ2n) is 6.06. The molecule has 1 N–H and O–H groups in total. The molecule has 2 fully saturated rings.